The molecule has 0 aliphatic carbocycles. The Morgan fingerprint density at radius 2 is 2.03 bits per heavy atom. The van der Waals surface area contributed by atoms with Crippen molar-refractivity contribution in [2.75, 3.05) is 37.1 Å². The van der Waals surface area contributed by atoms with E-state index in [0.29, 0.717) is 40.6 Å². The molecule has 0 saturated heterocycles. The summed E-state index contributed by atoms with van der Waals surface area (Å²) in [5.74, 6) is 0.422. The minimum absolute atomic E-state index is 0.197. The van der Waals surface area contributed by atoms with Crippen molar-refractivity contribution in [1.82, 2.24) is 9.97 Å². The first-order chi connectivity index (χ1) is 18.6. The Hall–Kier alpha value is -4.00. The number of aliphatic hydroxyl groups is 1. The molecule has 204 valence electrons. The lowest BCUT2D eigenvalue weighted by molar-refractivity contribution is 0.0575. The zero-order valence-electron chi connectivity index (χ0n) is 23.1. The molecule has 2 N–H and O–H groups in total. The molecule has 0 spiro atoms. The molecule has 1 amide bonds. The smallest absolute Gasteiger partial charge is 0.414 e. The lowest BCUT2D eigenvalue weighted by Crippen LogP contribution is -2.40. The van der Waals surface area contributed by atoms with Gasteiger partial charge < -0.3 is 19.9 Å². The molecule has 1 atom stereocenters. The number of hydrogen-bond donors (Lipinski definition) is 2. The van der Waals surface area contributed by atoms with Crippen molar-refractivity contribution >= 4 is 23.4 Å². The summed E-state index contributed by atoms with van der Waals surface area (Å²) in [4.78, 5) is 23.6. The van der Waals surface area contributed by atoms with Crippen molar-refractivity contribution in [2.45, 2.75) is 51.6 Å². The third-order valence-electron chi connectivity index (χ3n) is 6.63. The van der Waals surface area contributed by atoms with Crippen LogP contribution < -0.4 is 10.2 Å². The van der Waals surface area contributed by atoms with Gasteiger partial charge in [0.25, 0.3) is 0 Å². The minimum atomic E-state index is -0.775. The maximum absolute atomic E-state index is 13.1. The predicted molar refractivity (Wildman–Crippen MR) is 150 cm³/mol. The minimum Gasteiger partial charge on any atom is -0.443 e. The Bertz CT molecular complexity index is 1390. The summed E-state index contributed by atoms with van der Waals surface area (Å²) in [6.45, 7) is 7.92. The van der Waals surface area contributed by atoms with Crippen LogP contribution in [0.25, 0.3) is 11.3 Å². The normalized spacial score (nSPS) is 16.5. The lowest BCUT2D eigenvalue weighted by atomic mass is 9.83. The number of hydrogen-bond acceptors (Lipinski definition) is 8. The molecule has 0 saturated carbocycles. The van der Waals surface area contributed by atoms with Gasteiger partial charge in [0.05, 0.1) is 23.6 Å². The van der Waals surface area contributed by atoms with Crippen LogP contribution in [-0.2, 0) is 21.3 Å². The van der Waals surface area contributed by atoms with E-state index >= 15 is 0 Å². The summed E-state index contributed by atoms with van der Waals surface area (Å²) < 4.78 is 10.8. The monoisotopic (exact) mass is 529 g/mol. The number of rotatable bonds is 8. The average Bonchev–Trinajstić information content (AvgIpc) is 3.22. The predicted octanol–water partition coefficient (Wildman–Crippen LogP) is 5.34. The van der Waals surface area contributed by atoms with Crippen LogP contribution in [0.15, 0.2) is 48.7 Å². The second kappa shape index (κ2) is 11.4. The van der Waals surface area contributed by atoms with Crippen LogP contribution in [0.4, 0.5) is 22.1 Å². The lowest BCUT2D eigenvalue weighted by Gasteiger charge is -2.26. The zero-order valence-corrected chi connectivity index (χ0v) is 23.1. The molecular weight excluding hydrogens is 494 g/mol. The third kappa shape index (κ3) is 6.19. The summed E-state index contributed by atoms with van der Waals surface area (Å²) in [5.41, 5.74) is 3.34. The van der Waals surface area contributed by atoms with Crippen molar-refractivity contribution < 1.29 is 19.4 Å². The highest BCUT2D eigenvalue weighted by Crippen LogP contribution is 2.45. The maximum atomic E-state index is 13.1. The quantitative estimate of drug-likeness (QED) is 0.375. The van der Waals surface area contributed by atoms with Gasteiger partial charge in [-0.25, -0.2) is 14.8 Å². The number of aliphatic hydroxyl groups excluding tert-OH is 1. The van der Waals surface area contributed by atoms with Crippen LogP contribution in [0.1, 0.15) is 50.8 Å². The van der Waals surface area contributed by atoms with Gasteiger partial charge in [-0.15, -0.1) is 0 Å². The second-order valence-electron chi connectivity index (χ2n) is 11.0. The molecule has 2 heterocycles. The van der Waals surface area contributed by atoms with Crippen molar-refractivity contribution in [3.05, 3.63) is 65.4 Å². The summed E-state index contributed by atoms with van der Waals surface area (Å²) in [6, 6.07) is 15.6. The number of ether oxygens (including phenoxy) is 2. The van der Waals surface area contributed by atoms with E-state index in [2.05, 4.69) is 22.4 Å². The molecule has 9 heteroatoms. The number of nitrogens with zero attached hydrogens (tertiary/aromatic N) is 4. The molecule has 0 fully saturated rings. The first-order valence-electron chi connectivity index (χ1n) is 13.0. The fourth-order valence-electron chi connectivity index (χ4n) is 4.71. The van der Waals surface area contributed by atoms with Gasteiger partial charge in [0, 0.05) is 43.1 Å². The summed E-state index contributed by atoms with van der Waals surface area (Å²) in [6.07, 6.45) is 2.85. The number of benzene rings is 2. The molecule has 2 aromatic carbocycles. The standard InChI is InChI=1S/C30H35N5O4/c1-29(2,3)39-28(37)35-18-30(4,19-36)23-16-21(15-22(17-31)26(23)35)25-12-13-32-27(34-25)33-24-11-7-6-9-20(24)10-8-14-38-5/h6-7,9,11-13,15-16,36H,8,10,14,18-19H2,1-5H3,(H,32,33,34)/t30-/m1/s1. The summed E-state index contributed by atoms with van der Waals surface area (Å²) in [7, 11) is 1.69. The van der Waals surface area contributed by atoms with Crippen LogP contribution in [0.2, 0.25) is 0 Å². The van der Waals surface area contributed by atoms with Gasteiger partial charge in [0.15, 0.2) is 0 Å². The number of carbonyl (C=O) groups is 1. The Morgan fingerprint density at radius 3 is 2.72 bits per heavy atom. The molecule has 0 radical (unpaired) electrons. The van der Waals surface area contributed by atoms with Crippen LogP contribution in [0.5, 0.6) is 0 Å². The molecule has 4 rings (SSSR count). The van der Waals surface area contributed by atoms with E-state index in [0.717, 1.165) is 24.1 Å². The van der Waals surface area contributed by atoms with E-state index in [1.54, 1.807) is 46.2 Å². The highest BCUT2D eigenvalue weighted by molar-refractivity contribution is 5.95. The number of methoxy groups -OCH3 is 1. The number of carbonyl (C=O) groups excluding carboxylic acids is 1. The number of anilines is 3. The van der Waals surface area contributed by atoms with E-state index in [-0.39, 0.29) is 13.2 Å². The second-order valence-corrected chi connectivity index (χ2v) is 11.0. The van der Waals surface area contributed by atoms with Gasteiger partial charge in [-0.2, -0.15) is 5.26 Å². The van der Waals surface area contributed by atoms with Gasteiger partial charge >= 0.3 is 6.09 Å². The van der Waals surface area contributed by atoms with Crippen LogP contribution in [-0.4, -0.2) is 53.6 Å². The average molecular weight is 530 g/mol. The number of amides is 1. The van der Waals surface area contributed by atoms with Crippen molar-refractivity contribution in [1.29, 1.82) is 5.26 Å². The molecule has 9 nitrogen and oxygen atoms in total. The summed E-state index contributed by atoms with van der Waals surface area (Å²) >= 11 is 0. The number of fused-ring (bicyclic) bond motifs is 1. The SMILES string of the molecule is COCCCc1ccccc1Nc1nccc(-c2cc(C#N)c3c(c2)[C@@](C)(CO)CN3C(=O)OC(C)(C)C)n1. The molecule has 1 aromatic heterocycles. The van der Waals surface area contributed by atoms with E-state index in [4.69, 9.17) is 14.5 Å². The molecular formula is C30H35N5O4. The van der Waals surface area contributed by atoms with Gasteiger partial charge in [-0.1, -0.05) is 25.1 Å². The number of nitrogens with one attached hydrogen (secondary N) is 1. The zero-order chi connectivity index (χ0) is 28.2. The first kappa shape index (κ1) is 28.0. The fraction of sp³-hybridized carbons (Fsp3) is 0.400. The van der Waals surface area contributed by atoms with E-state index < -0.39 is 17.1 Å². The number of nitriles is 1. The highest BCUT2D eigenvalue weighted by Gasteiger charge is 2.44. The fourth-order valence-corrected chi connectivity index (χ4v) is 4.71. The molecule has 3 aromatic rings. The molecule has 1 aliphatic rings. The largest absolute Gasteiger partial charge is 0.443 e. The Labute approximate surface area is 229 Å². The molecule has 0 unspecified atom stereocenters. The van der Waals surface area contributed by atoms with Gasteiger partial charge in [-0.3, -0.25) is 4.90 Å². The molecule has 1 aliphatic heterocycles. The number of aryl methyl sites for hydroxylation is 1. The molecule has 39 heavy (non-hydrogen) atoms. The van der Waals surface area contributed by atoms with E-state index in [9.17, 15) is 15.2 Å². The highest BCUT2D eigenvalue weighted by atomic mass is 16.6. The first-order valence-corrected chi connectivity index (χ1v) is 13.0. The number of para-hydroxylation sites is 1. The van der Waals surface area contributed by atoms with Crippen LogP contribution in [0.3, 0.4) is 0 Å². The summed E-state index contributed by atoms with van der Waals surface area (Å²) in [5, 5.41) is 23.7. The van der Waals surface area contributed by atoms with Crippen LogP contribution in [0, 0.1) is 11.3 Å². The maximum Gasteiger partial charge on any atom is 0.414 e. The third-order valence-corrected chi connectivity index (χ3v) is 6.63. The Kier molecular flexibility index (Phi) is 8.19. The molecule has 0 bridgehead atoms. The van der Waals surface area contributed by atoms with Crippen molar-refractivity contribution in [3.63, 3.8) is 0 Å². The topological polar surface area (TPSA) is 121 Å². The Morgan fingerprint density at radius 1 is 1.26 bits per heavy atom. The van der Waals surface area contributed by atoms with E-state index in [1.165, 1.54) is 4.90 Å². The van der Waals surface area contributed by atoms with Crippen molar-refractivity contribution in [2.24, 2.45) is 0 Å². The Balaban J connectivity index is 1.70. The van der Waals surface area contributed by atoms with Gasteiger partial charge in [0.2, 0.25) is 5.95 Å². The van der Waals surface area contributed by atoms with Gasteiger partial charge in [0.1, 0.15) is 11.7 Å². The van der Waals surface area contributed by atoms with E-state index in [1.807, 2.05) is 31.2 Å². The van der Waals surface area contributed by atoms with Crippen LogP contribution >= 0.6 is 0 Å². The van der Waals surface area contributed by atoms with Gasteiger partial charge in [-0.05, 0) is 69.0 Å². The number of aromatic nitrogens is 2. The van der Waals surface area contributed by atoms with Crippen molar-refractivity contribution in [3.8, 4) is 17.3 Å².